The van der Waals surface area contributed by atoms with E-state index in [2.05, 4.69) is 4.74 Å². The number of ether oxygens (including phenoxy) is 1. The standard InChI is InChI=1S/C20H16F3N3O4/c1-9-14(24)7-25(9)18-13(22)6-12-17(16(18)23)26(11-4-2-10(21)3-5-11)8-15(19(12)27)30-20(28)29/h2-6,8-9,14H,7,24H2,1H3,(H,28,29)/t9-,14+/m1/s1. The Balaban J connectivity index is 2.06. The molecule has 0 unspecified atom stereocenters. The summed E-state index contributed by atoms with van der Waals surface area (Å²) in [6, 6.07) is 5.06. The summed E-state index contributed by atoms with van der Waals surface area (Å²) in [5.74, 6) is -3.21. The molecule has 0 bridgehead atoms. The van der Waals surface area contributed by atoms with Crippen LogP contribution in [-0.4, -0.2) is 34.5 Å². The summed E-state index contributed by atoms with van der Waals surface area (Å²) in [4.78, 5) is 25.1. The highest BCUT2D eigenvalue weighted by atomic mass is 19.1. The predicted molar refractivity (Wildman–Crippen MR) is 103 cm³/mol. The Kier molecular flexibility index (Phi) is 4.65. The van der Waals surface area contributed by atoms with Crippen molar-refractivity contribution in [3.8, 4) is 11.4 Å². The summed E-state index contributed by atoms with van der Waals surface area (Å²) in [6.07, 6.45) is -0.791. The van der Waals surface area contributed by atoms with E-state index in [1.807, 2.05) is 0 Å². The molecule has 3 aromatic rings. The molecule has 30 heavy (non-hydrogen) atoms. The van der Waals surface area contributed by atoms with Gasteiger partial charge in [-0.3, -0.25) is 4.79 Å². The first-order chi connectivity index (χ1) is 14.2. The fraction of sp³-hybridized carbons (Fsp3) is 0.200. The van der Waals surface area contributed by atoms with E-state index in [4.69, 9.17) is 10.8 Å². The molecule has 2 atom stereocenters. The van der Waals surface area contributed by atoms with Gasteiger partial charge in [0, 0.05) is 24.3 Å². The molecular formula is C20H16F3N3O4. The average Bonchev–Trinajstić information content (AvgIpc) is 2.69. The second kappa shape index (κ2) is 7.06. The van der Waals surface area contributed by atoms with Crippen molar-refractivity contribution in [2.45, 2.75) is 19.0 Å². The Morgan fingerprint density at radius 2 is 1.90 bits per heavy atom. The number of carbonyl (C=O) groups is 1. The van der Waals surface area contributed by atoms with Crippen molar-refractivity contribution >= 4 is 22.7 Å². The average molecular weight is 419 g/mol. The van der Waals surface area contributed by atoms with Crippen LogP contribution in [0.4, 0.5) is 23.7 Å². The topological polar surface area (TPSA) is 97.8 Å². The maximum absolute atomic E-state index is 15.6. The van der Waals surface area contributed by atoms with Gasteiger partial charge in [-0.2, -0.15) is 0 Å². The third-order valence-corrected chi connectivity index (χ3v) is 5.23. The number of benzene rings is 2. The molecule has 0 spiro atoms. The quantitative estimate of drug-likeness (QED) is 0.634. The third-order valence-electron chi connectivity index (χ3n) is 5.23. The van der Waals surface area contributed by atoms with E-state index in [-0.39, 0.29) is 35.5 Å². The molecule has 7 nitrogen and oxygen atoms in total. The minimum absolute atomic E-state index is 0.210. The summed E-state index contributed by atoms with van der Waals surface area (Å²) in [5, 5.41) is 8.47. The Morgan fingerprint density at radius 1 is 1.23 bits per heavy atom. The summed E-state index contributed by atoms with van der Waals surface area (Å²) >= 11 is 0. The van der Waals surface area contributed by atoms with E-state index in [1.54, 1.807) is 6.92 Å². The van der Waals surface area contributed by atoms with Crippen LogP contribution in [0.5, 0.6) is 5.75 Å². The smallest absolute Gasteiger partial charge is 0.449 e. The predicted octanol–water partition coefficient (Wildman–Crippen LogP) is 3.00. The largest absolute Gasteiger partial charge is 0.511 e. The third kappa shape index (κ3) is 3.05. The number of anilines is 1. The lowest BCUT2D eigenvalue weighted by atomic mass is 9.97. The number of hydrogen-bond donors (Lipinski definition) is 2. The zero-order valence-electron chi connectivity index (χ0n) is 15.6. The van der Waals surface area contributed by atoms with Crippen LogP contribution in [-0.2, 0) is 0 Å². The molecule has 1 aliphatic heterocycles. The van der Waals surface area contributed by atoms with Crippen molar-refractivity contribution in [1.29, 1.82) is 0 Å². The molecule has 2 heterocycles. The van der Waals surface area contributed by atoms with Gasteiger partial charge in [0.2, 0.25) is 5.43 Å². The van der Waals surface area contributed by atoms with E-state index in [0.717, 1.165) is 29.0 Å². The molecule has 4 rings (SSSR count). The van der Waals surface area contributed by atoms with E-state index in [9.17, 15) is 18.4 Å². The van der Waals surface area contributed by atoms with Gasteiger partial charge >= 0.3 is 6.16 Å². The van der Waals surface area contributed by atoms with E-state index in [0.29, 0.717) is 0 Å². The molecular weight excluding hydrogens is 403 g/mol. The van der Waals surface area contributed by atoms with Crippen LogP contribution in [0.25, 0.3) is 16.6 Å². The minimum atomic E-state index is -1.77. The molecule has 0 saturated carbocycles. The van der Waals surface area contributed by atoms with Crippen molar-refractivity contribution in [2.24, 2.45) is 5.73 Å². The number of aromatic nitrogens is 1. The van der Waals surface area contributed by atoms with Crippen molar-refractivity contribution in [3.63, 3.8) is 0 Å². The number of carboxylic acid groups (broad SMARTS) is 1. The van der Waals surface area contributed by atoms with Gasteiger partial charge in [-0.1, -0.05) is 0 Å². The highest BCUT2D eigenvalue weighted by molar-refractivity contribution is 5.87. The highest BCUT2D eigenvalue weighted by Crippen LogP contribution is 2.36. The normalized spacial score (nSPS) is 18.4. The van der Waals surface area contributed by atoms with Crippen molar-refractivity contribution in [3.05, 3.63) is 64.2 Å². The number of hydrogen-bond acceptors (Lipinski definition) is 5. The van der Waals surface area contributed by atoms with Gasteiger partial charge in [-0.05, 0) is 37.3 Å². The molecule has 3 N–H and O–H groups in total. The molecule has 2 aromatic carbocycles. The van der Waals surface area contributed by atoms with Gasteiger partial charge in [0.05, 0.1) is 17.1 Å². The van der Waals surface area contributed by atoms with Gasteiger partial charge in [0.15, 0.2) is 11.6 Å². The van der Waals surface area contributed by atoms with Crippen molar-refractivity contribution in [2.75, 3.05) is 11.4 Å². The van der Waals surface area contributed by atoms with E-state index >= 15 is 4.39 Å². The van der Waals surface area contributed by atoms with Gasteiger partial charge in [0.1, 0.15) is 17.3 Å². The van der Waals surface area contributed by atoms with Crippen molar-refractivity contribution < 1.29 is 27.8 Å². The Labute approximate surface area is 167 Å². The van der Waals surface area contributed by atoms with Crippen LogP contribution in [0.3, 0.4) is 0 Å². The zero-order valence-corrected chi connectivity index (χ0v) is 15.6. The molecule has 1 aliphatic rings. The monoisotopic (exact) mass is 419 g/mol. The fourth-order valence-corrected chi connectivity index (χ4v) is 3.55. The number of rotatable bonds is 3. The number of fused-ring (bicyclic) bond motifs is 1. The number of nitrogens with two attached hydrogens (primary N) is 1. The molecule has 1 aromatic heterocycles. The van der Waals surface area contributed by atoms with Crippen LogP contribution in [0, 0.1) is 17.5 Å². The van der Waals surface area contributed by atoms with Gasteiger partial charge < -0.3 is 25.0 Å². The fourth-order valence-electron chi connectivity index (χ4n) is 3.55. The molecule has 0 amide bonds. The molecule has 156 valence electrons. The number of nitrogens with zero attached hydrogens (tertiary/aromatic N) is 2. The van der Waals surface area contributed by atoms with Crippen LogP contribution < -0.4 is 20.8 Å². The van der Waals surface area contributed by atoms with Gasteiger partial charge in [-0.25, -0.2) is 18.0 Å². The second-order valence-corrected chi connectivity index (χ2v) is 7.01. The van der Waals surface area contributed by atoms with Crippen LogP contribution in [0.15, 0.2) is 41.3 Å². The SMILES string of the molecule is C[C@@H]1[C@@H](N)CN1c1c(F)cc2c(=O)c(OC(=O)O)cn(-c3ccc(F)cc3)c2c1F. The minimum Gasteiger partial charge on any atom is -0.449 e. The van der Waals surface area contributed by atoms with Crippen LogP contribution >= 0.6 is 0 Å². The Bertz CT molecular complexity index is 1230. The number of pyridine rings is 1. The highest BCUT2D eigenvalue weighted by Gasteiger charge is 2.37. The lowest BCUT2D eigenvalue weighted by Crippen LogP contribution is -2.63. The maximum Gasteiger partial charge on any atom is 0.511 e. The van der Waals surface area contributed by atoms with E-state index < -0.39 is 40.2 Å². The summed E-state index contributed by atoms with van der Waals surface area (Å²) in [7, 11) is 0. The number of halogens is 3. The van der Waals surface area contributed by atoms with Gasteiger partial charge in [-0.15, -0.1) is 0 Å². The first kappa shape index (κ1) is 19.8. The molecule has 1 fully saturated rings. The Morgan fingerprint density at radius 3 is 2.47 bits per heavy atom. The van der Waals surface area contributed by atoms with Crippen LogP contribution in [0.2, 0.25) is 0 Å². The summed E-state index contributed by atoms with van der Waals surface area (Å²) < 4.78 is 49.4. The first-order valence-corrected chi connectivity index (χ1v) is 8.95. The lowest BCUT2D eigenvalue weighted by Gasteiger charge is -2.46. The zero-order chi connectivity index (χ0) is 21.7. The van der Waals surface area contributed by atoms with Gasteiger partial charge in [0.25, 0.3) is 0 Å². The first-order valence-electron chi connectivity index (χ1n) is 8.95. The maximum atomic E-state index is 15.6. The molecule has 1 saturated heterocycles. The lowest BCUT2D eigenvalue weighted by molar-refractivity contribution is 0.144. The second-order valence-electron chi connectivity index (χ2n) is 7.01. The molecule has 0 aliphatic carbocycles. The summed E-state index contributed by atoms with van der Waals surface area (Å²) in [6.45, 7) is 1.94. The molecule has 10 heteroatoms. The van der Waals surface area contributed by atoms with Crippen molar-refractivity contribution in [1.82, 2.24) is 4.57 Å². The Hall–Kier alpha value is -3.53. The summed E-state index contributed by atoms with van der Waals surface area (Å²) in [5.41, 5.74) is 4.41. The van der Waals surface area contributed by atoms with E-state index in [1.165, 1.54) is 17.0 Å². The molecule has 0 radical (unpaired) electrons. The van der Waals surface area contributed by atoms with Crippen LogP contribution in [0.1, 0.15) is 6.92 Å².